The summed E-state index contributed by atoms with van der Waals surface area (Å²) in [7, 11) is 0. The Morgan fingerprint density at radius 3 is 2.68 bits per heavy atom. The van der Waals surface area contributed by atoms with Crippen molar-refractivity contribution in [3.63, 3.8) is 0 Å². The number of para-hydroxylation sites is 1. The molecule has 0 fully saturated rings. The number of nitrogens with one attached hydrogen (secondary N) is 1. The van der Waals surface area contributed by atoms with Crippen molar-refractivity contribution in [2.24, 2.45) is 10.9 Å². The molecule has 7 heteroatoms. The number of hydrogen-bond donors (Lipinski definition) is 3. The number of benzene rings is 1. The second kappa shape index (κ2) is 5.85. The lowest BCUT2D eigenvalue weighted by Crippen LogP contribution is -2.18. The first-order chi connectivity index (χ1) is 9.11. The fraction of sp³-hybridized carbons (Fsp3) is 0. The van der Waals surface area contributed by atoms with Crippen LogP contribution in [0, 0.1) is 0 Å². The smallest absolute Gasteiger partial charge is 0.265 e. The fourth-order valence-corrected chi connectivity index (χ4v) is 2.77. The quantitative estimate of drug-likeness (QED) is 0.347. The van der Waals surface area contributed by atoms with Gasteiger partial charge in [0, 0.05) is 5.56 Å². The van der Waals surface area contributed by atoms with Crippen molar-refractivity contribution in [3.8, 4) is 0 Å². The first-order valence-electron chi connectivity index (χ1n) is 5.25. The Kier molecular flexibility index (Phi) is 4.18. The van der Waals surface area contributed by atoms with Gasteiger partial charge in [0.2, 0.25) is 0 Å². The molecule has 19 heavy (non-hydrogen) atoms. The molecule has 1 heterocycles. The van der Waals surface area contributed by atoms with Gasteiger partial charge >= 0.3 is 0 Å². The Balaban J connectivity index is 2.27. The number of hydrogen-bond acceptors (Lipinski definition) is 4. The molecule has 5 nitrogen and oxygen atoms in total. The Morgan fingerprint density at radius 1 is 1.32 bits per heavy atom. The van der Waals surface area contributed by atoms with Gasteiger partial charge in [-0.1, -0.05) is 17.3 Å². The van der Waals surface area contributed by atoms with E-state index in [4.69, 9.17) is 10.9 Å². The number of carbonyl (C=O) groups is 1. The number of anilines is 1. The number of carbonyl (C=O) groups excluding carboxylic acids is 1. The minimum atomic E-state index is -0.242. The van der Waals surface area contributed by atoms with Crippen molar-refractivity contribution in [3.05, 3.63) is 50.6 Å². The molecule has 0 aliphatic heterocycles. The van der Waals surface area contributed by atoms with Gasteiger partial charge in [-0.05, 0) is 40.2 Å². The third-order valence-corrected chi connectivity index (χ3v) is 3.98. The molecule has 2 aromatic rings. The van der Waals surface area contributed by atoms with Crippen LogP contribution in [0.4, 0.5) is 5.69 Å². The minimum Gasteiger partial charge on any atom is -0.409 e. The van der Waals surface area contributed by atoms with Gasteiger partial charge in [0.25, 0.3) is 5.91 Å². The molecular weight excluding hydrogens is 330 g/mol. The Labute approximate surface area is 121 Å². The Morgan fingerprint density at radius 2 is 2.05 bits per heavy atom. The molecule has 1 aromatic carbocycles. The summed E-state index contributed by atoms with van der Waals surface area (Å²) in [4.78, 5) is 12.6. The average Bonchev–Trinajstić information content (AvgIpc) is 2.85. The second-order valence-corrected chi connectivity index (χ2v) is 6.05. The van der Waals surface area contributed by atoms with Crippen LogP contribution in [0.3, 0.4) is 0 Å². The zero-order valence-corrected chi connectivity index (χ0v) is 12.0. The summed E-state index contributed by atoms with van der Waals surface area (Å²) < 4.78 is 0.877. The number of nitrogens with two attached hydrogens (primary N) is 1. The molecule has 0 aliphatic carbocycles. The summed E-state index contributed by atoms with van der Waals surface area (Å²) in [5.41, 5.74) is 6.52. The minimum absolute atomic E-state index is 0.0525. The van der Waals surface area contributed by atoms with E-state index in [-0.39, 0.29) is 11.7 Å². The Hall–Kier alpha value is -1.86. The predicted molar refractivity (Wildman–Crippen MR) is 78.9 cm³/mol. The van der Waals surface area contributed by atoms with Gasteiger partial charge in [-0.15, -0.1) is 11.3 Å². The summed E-state index contributed by atoms with van der Waals surface area (Å²) >= 11 is 4.63. The van der Waals surface area contributed by atoms with Crippen LogP contribution in [-0.2, 0) is 0 Å². The van der Waals surface area contributed by atoms with E-state index in [9.17, 15) is 4.79 Å². The van der Waals surface area contributed by atoms with Gasteiger partial charge in [0.15, 0.2) is 5.84 Å². The molecule has 2 rings (SSSR count). The number of amidine groups is 1. The van der Waals surface area contributed by atoms with Crippen molar-refractivity contribution in [1.29, 1.82) is 0 Å². The van der Waals surface area contributed by atoms with Crippen molar-refractivity contribution < 1.29 is 10.0 Å². The number of thiophene rings is 1. The molecule has 0 radical (unpaired) electrons. The van der Waals surface area contributed by atoms with Gasteiger partial charge in [-0.2, -0.15) is 0 Å². The molecule has 0 aliphatic rings. The molecule has 98 valence electrons. The number of amides is 1. The second-order valence-electron chi connectivity index (χ2n) is 3.59. The van der Waals surface area contributed by atoms with Crippen LogP contribution in [0.1, 0.15) is 15.2 Å². The molecule has 0 saturated carbocycles. The number of nitrogens with zero attached hydrogens (tertiary/aromatic N) is 1. The number of halogens is 1. The zero-order valence-electron chi connectivity index (χ0n) is 9.63. The van der Waals surface area contributed by atoms with E-state index in [1.165, 1.54) is 11.3 Å². The van der Waals surface area contributed by atoms with Gasteiger partial charge < -0.3 is 16.3 Å². The highest BCUT2D eigenvalue weighted by atomic mass is 79.9. The first kappa shape index (κ1) is 13.6. The van der Waals surface area contributed by atoms with Gasteiger partial charge in [-0.25, -0.2) is 0 Å². The maximum absolute atomic E-state index is 12.0. The van der Waals surface area contributed by atoms with Gasteiger partial charge in [-0.3, -0.25) is 4.79 Å². The van der Waals surface area contributed by atoms with E-state index in [0.717, 1.165) is 3.79 Å². The van der Waals surface area contributed by atoms with Gasteiger partial charge in [0.1, 0.15) is 0 Å². The summed E-state index contributed by atoms with van der Waals surface area (Å²) in [6.07, 6.45) is 0. The van der Waals surface area contributed by atoms with Crippen LogP contribution in [0.25, 0.3) is 0 Å². The van der Waals surface area contributed by atoms with E-state index < -0.39 is 0 Å². The molecule has 0 spiro atoms. The van der Waals surface area contributed by atoms with Crippen LogP contribution < -0.4 is 11.1 Å². The van der Waals surface area contributed by atoms with Crippen molar-refractivity contribution in [1.82, 2.24) is 0 Å². The van der Waals surface area contributed by atoms with Gasteiger partial charge in [0.05, 0.1) is 14.4 Å². The van der Waals surface area contributed by atoms with E-state index in [2.05, 4.69) is 26.4 Å². The highest BCUT2D eigenvalue weighted by Crippen LogP contribution is 2.23. The number of oxime groups is 1. The zero-order chi connectivity index (χ0) is 13.8. The molecular formula is C12H10BrN3O2S. The van der Waals surface area contributed by atoms with Crippen LogP contribution in [0.2, 0.25) is 0 Å². The summed E-state index contributed by atoms with van der Waals surface area (Å²) in [5, 5.41) is 14.4. The number of rotatable bonds is 3. The summed E-state index contributed by atoms with van der Waals surface area (Å²) in [6.45, 7) is 0. The summed E-state index contributed by atoms with van der Waals surface area (Å²) in [5.74, 6) is -0.294. The summed E-state index contributed by atoms with van der Waals surface area (Å²) in [6, 6.07) is 10.4. The normalized spacial score (nSPS) is 11.3. The van der Waals surface area contributed by atoms with E-state index in [1.807, 2.05) is 0 Å². The molecule has 4 N–H and O–H groups in total. The van der Waals surface area contributed by atoms with Crippen LogP contribution >= 0.6 is 27.3 Å². The van der Waals surface area contributed by atoms with Crippen LogP contribution in [0.5, 0.6) is 0 Å². The van der Waals surface area contributed by atoms with Crippen LogP contribution in [-0.4, -0.2) is 17.0 Å². The fourth-order valence-electron chi connectivity index (χ4n) is 1.49. The van der Waals surface area contributed by atoms with Crippen molar-refractivity contribution in [2.75, 3.05) is 5.32 Å². The molecule has 1 amide bonds. The largest absolute Gasteiger partial charge is 0.409 e. The monoisotopic (exact) mass is 339 g/mol. The lowest BCUT2D eigenvalue weighted by molar-refractivity contribution is 0.103. The average molecular weight is 340 g/mol. The van der Waals surface area contributed by atoms with Crippen molar-refractivity contribution in [2.45, 2.75) is 0 Å². The third kappa shape index (κ3) is 3.12. The predicted octanol–water partition coefficient (Wildman–Crippen LogP) is 2.86. The van der Waals surface area contributed by atoms with Crippen LogP contribution in [0.15, 0.2) is 45.3 Å². The maximum Gasteiger partial charge on any atom is 0.265 e. The first-order valence-corrected chi connectivity index (χ1v) is 6.86. The van der Waals surface area contributed by atoms with E-state index in [0.29, 0.717) is 16.1 Å². The van der Waals surface area contributed by atoms with E-state index >= 15 is 0 Å². The third-order valence-electron chi connectivity index (χ3n) is 2.36. The van der Waals surface area contributed by atoms with E-state index in [1.54, 1.807) is 36.4 Å². The lowest BCUT2D eigenvalue weighted by atomic mass is 10.1. The molecule has 1 aromatic heterocycles. The lowest BCUT2D eigenvalue weighted by Gasteiger charge is -2.08. The molecule has 0 bridgehead atoms. The molecule has 0 unspecified atom stereocenters. The SMILES string of the molecule is N/C(=N/O)c1ccccc1NC(=O)c1ccc(Br)s1. The Bertz CT molecular complexity index is 639. The molecule has 0 saturated heterocycles. The highest BCUT2D eigenvalue weighted by molar-refractivity contribution is 9.11. The molecule has 0 atom stereocenters. The highest BCUT2D eigenvalue weighted by Gasteiger charge is 2.12. The van der Waals surface area contributed by atoms with Crippen molar-refractivity contribution >= 4 is 44.7 Å². The standard InChI is InChI=1S/C12H10BrN3O2S/c13-10-6-5-9(19-10)12(17)15-8-4-2-1-3-7(8)11(14)16-18/h1-6,18H,(H2,14,16)(H,15,17). The topological polar surface area (TPSA) is 87.7 Å². The maximum atomic E-state index is 12.0.